The van der Waals surface area contributed by atoms with E-state index < -0.39 is 5.60 Å². The molecule has 1 aliphatic rings. The molecule has 1 aromatic carbocycles. The van der Waals surface area contributed by atoms with Gasteiger partial charge in [0.15, 0.2) is 0 Å². The first-order chi connectivity index (χ1) is 10.7. The molecule has 0 aromatic heterocycles. The number of hydrogen-bond donors (Lipinski definition) is 2. The molecule has 128 valence electrons. The number of carbonyl (C=O) groups is 1. The second-order valence-electron chi connectivity index (χ2n) is 7.02. The van der Waals surface area contributed by atoms with Crippen molar-refractivity contribution in [1.82, 2.24) is 4.90 Å². The van der Waals surface area contributed by atoms with Crippen LogP contribution in [0.1, 0.15) is 33.3 Å². The largest absolute Gasteiger partial charge is 0.444 e. The van der Waals surface area contributed by atoms with E-state index in [0.717, 1.165) is 11.3 Å². The minimum atomic E-state index is -0.488. The Balaban J connectivity index is 2.09. The highest BCUT2D eigenvalue weighted by molar-refractivity contribution is 5.69. The van der Waals surface area contributed by atoms with E-state index in [2.05, 4.69) is 11.8 Å². The summed E-state index contributed by atoms with van der Waals surface area (Å²) in [5.41, 5.74) is 7.72. The summed E-state index contributed by atoms with van der Waals surface area (Å²) >= 11 is 0. The van der Waals surface area contributed by atoms with Crippen LogP contribution in [0.2, 0.25) is 0 Å². The van der Waals surface area contributed by atoms with Gasteiger partial charge in [-0.2, -0.15) is 0 Å². The summed E-state index contributed by atoms with van der Waals surface area (Å²) in [4.78, 5) is 16.1. The molecule has 1 heterocycles. The Hall–Kier alpha value is -1.95. The molecule has 6 nitrogen and oxygen atoms in total. The van der Waals surface area contributed by atoms with E-state index in [0.29, 0.717) is 25.3 Å². The Morgan fingerprint density at radius 1 is 1.39 bits per heavy atom. The molecule has 0 spiro atoms. The highest BCUT2D eigenvalue weighted by atomic mass is 16.6. The quantitative estimate of drug-likeness (QED) is 0.817. The van der Waals surface area contributed by atoms with Gasteiger partial charge >= 0.3 is 6.09 Å². The number of rotatable bonds is 2. The standard InChI is InChI=1S/C17H27N3O3/c1-12-10-19(16(22)23-17(2,3)4)7-8-20(12)15-6-5-14(18)9-13(15)11-21/h5-6,9,12,21H,7-8,10-11,18H2,1-4H3/t12-/m0/s1. The summed E-state index contributed by atoms with van der Waals surface area (Å²) in [5.74, 6) is 0. The van der Waals surface area contributed by atoms with Crippen molar-refractivity contribution in [3.8, 4) is 0 Å². The smallest absolute Gasteiger partial charge is 0.410 e. The molecule has 1 aromatic rings. The molecular formula is C17H27N3O3. The zero-order valence-electron chi connectivity index (χ0n) is 14.4. The van der Waals surface area contributed by atoms with Crippen LogP contribution in [0.25, 0.3) is 0 Å². The molecule has 23 heavy (non-hydrogen) atoms. The number of aliphatic hydroxyl groups excluding tert-OH is 1. The Kier molecular flexibility index (Phi) is 5.04. The zero-order valence-corrected chi connectivity index (χ0v) is 14.4. The third kappa shape index (κ3) is 4.28. The molecule has 1 saturated heterocycles. The fourth-order valence-electron chi connectivity index (χ4n) is 2.82. The Bertz CT molecular complexity index is 569. The zero-order chi connectivity index (χ0) is 17.2. The molecule has 0 saturated carbocycles. The molecule has 1 atom stereocenters. The van der Waals surface area contributed by atoms with Crippen molar-refractivity contribution in [3.05, 3.63) is 23.8 Å². The van der Waals surface area contributed by atoms with Crippen LogP contribution in [0.3, 0.4) is 0 Å². The van der Waals surface area contributed by atoms with Crippen LogP contribution in [-0.2, 0) is 11.3 Å². The lowest BCUT2D eigenvalue weighted by Gasteiger charge is -2.42. The maximum atomic E-state index is 12.2. The number of hydrogen-bond acceptors (Lipinski definition) is 5. The van der Waals surface area contributed by atoms with Gasteiger partial charge in [-0.05, 0) is 45.9 Å². The summed E-state index contributed by atoms with van der Waals surface area (Å²) in [6.07, 6.45) is -0.274. The van der Waals surface area contributed by atoms with Crippen LogP contribution in [0.4, 0.5) is 16.2 Å². The van der Waals surface area contributed by atoms with Crippen LogP contribution in [0.5, 0.6) is 0 Å². The molecule has 2 rings (SSSR count). The van der Waals surface area contributed by atoms with Crippen LogP contribution < -0.4 is 10.6 Å². The van der Waals surface area contributed by atoms with Crippen molar-refractivity contribution in [2.75, 3.05) is 30.3 Å². The number of nitrogens with two attached hydrogens (primary N) is 1. The van der Waals surface area contributed by atoms with E-state index in [1.54, 1.807) is 11.0 Å². The van der Waals surface area contributed by atoms with E-state index in [1.807, 2.05) is 32.9 Å². The van der Waals surface area contributed by atoms with E-state index in [-0.39, 0.29) is 18.7 Å². The van der Waals surface area contributed by atoms with Crippen molar-refractivity contribution in [2.45, 2.75) is 45.9 Å². The molecular weight excluding hydrogens is 294 g/mol. The molecule has 3 N–H and O–H groups in total. The van der Waals surface area contributed by atoms with Gasteiger partial charge in [0.25, 0.3) is 0 Å². The number of nitrogen functional groups attached to an aromatic ring is 1. The number of ether oxygens (including phenoxy) is 1. The number of anilines is 2. The van der Waals surface area contributed by atoms with Gasteiger partial charge in [0, 0.05) is 42.6 Å². The van der Waals surface area contributed by atoms with Gasteiger partial charge in [0.1, 0.15) is 5.60 Å². The lowest BCUT2D eigenvalue weighted by atomic mass is 10.1. The highest BCUT2D eigenvalue weighted by Gasteiger charge is 2.30. The third-order valence-corrected chi connectivity index (χ3v) is 3.86. The number of benzene rings is 1. The average Bonchev–Trinajstić information content (AvgIpc) is 2.45. The van der Waals surface area contributed by atoms with Gasteiger partial charge in [0.05, 0.1) is 6.61 Å². The summed E-state index contributed by atoms with van der Waals surface area (Å²) in [7, 11) is 0. The second kappa shape index (κ2) is 6.66. The third-order valence-electron chi connectivity index (χ3n) is 3.86. The topological polar surface area (TPSA) is 79.0 Å². The predicted octanol–water partition coefficient (Wildman–Crippen LogP) is 2.21. The lowest BCUT2D eigenvalue weighted by molar-refractivity contribution is 0.0218. The number of piperazine rings is 1. The highest BCUT2D eigenvalue weighted by Crippen LogP contribution is 2.27. The van der Waals surface area contributed by atoms with Crippen LogP contribution in [0.15, 0.2) is 18.2 Å². The average molecular weight is 321 g/mol. The van der Waals surface area contributed by atoms with Gasteiger partial charge in [-0.25, -0.2) is 4.79 Å². The van der Waals surface area contributed by atoms with Gasteiger partial charge in [-0.3, -0.25) is 0 Å². The van der Waals surface area contributed by atoms with Gasteiger partial charge < -0.3 is 25.4 Å². The minimum absolute atomic E-state index is 0.0562. The number of nitrogens with zero attached hydrogens (tertiary/aromatic N) is 2. The van der Waals surface area contributed by atoms with E-state index >= 15 is 0 Å². The Morgan fingerprint density at radius 3 is 2.65 bits per heavy atom. The minimum Gasteiger partial charge on any atom is -0.444 e. The number of aliphatic hydroxyl groups is 1. The SMILES string of the molecule is C[C@H]1CN(C(=O)OC(C)(C)C)CCN1c1ccc(N)cc1CO. The van der Waals surface area contributed by atoms with Crippen molar-refractivity contribution >= 4 is 17.5 Å². The van der Waals surface area contributed by atoms with Crippen molar-refractivity contribution in [2.24, 2.45) is 0 Å². The summed E-state index contributed by atoms with van der Waals surface area (Å²) in [5, 5.41) is 9.56. The lowest BCUT2D eigenvalue weighted by Crippen LogP contribution is -2.54. The van der Waals surface area contributed by atoms with Crippen LogP contribution in [-0.4, -0.2) is 47.4 Å². The normalized spacial score (nSPS) is 18.9. The molecule has 0 aliphatic carbocycles. The van der Waals surface area contributed by atoms with Gasteiger partial charge in [-0.1, -0.05) is 0 Å². The summed E-state index contributed by atoms with van der Waals surface area (Å²) in [6, 6.07) is 5.69. The van der Waals surface area contributed by atoms with Crippen LogP contribution in [0, 0.1) is 0 Å². The fourth-order valence-corrected chi connectivity index (χ4v) is 2.82. The molecule has 0 radical (unpaired) electrons. The van der Waals surface area contributed by atoms with Crippen molar-refractivity contribution in [1.29, 1.82) is 0 Å². The first kappa shape index (κ1) is 17.4. The van der Waals surface area contributed by atoms with E-state index in [4.69, 9.17) is 10.5 Å². The second-order valence-corrected chi connectivity index (χ2v) is 7.02. The first-order valence-electron chi connectivity index (χ1n) is 7.95. The molecule has 6 heteroatoms. The monoisotopic (exact) mass is 321 g/mol. The fraction of sp³-hybridized carbons (Fsp3) is 0.588. The maximum absolute atomic E-state index is 12.2. The summed E-state index contributed by atoms with van der Waals surface area (Å²) in [6.45, 7) is 9.48. The van der Waals surface area contributed by atoms with E-state index in [1.165, 1.54) is 0 Å². The Labute approximate surface area is 137 Å². The van der Waals surface area contributed by atoms with Gasteiger partial charge in [-0.15, -0.1) is 0 Å². The van der Waals surface area contributed by atoms with Gasteiger partial charge in [0.2, 0.25) is 0 Å². The molecule has 0 bridgehead atoms. The van der Waals surface area contributed by atoms with Crippen LogP contribution >= 0.6 is 0 Å². The summed E-state index contributed by atoms with van der Waals surface area (Å²) < 4.78 is 5.44. The molecule has 1 fully saturated rings. The van der Waals surface area contributed by atoms with E-state index in [9.17, 15) is 9.90 Å². The predicted molar refractivity (Wildman–Crippen MR) is 91.4 cm³/mol. The number of amides is 1. The first-order valence-corrected chi connectivity index (χ1v) is 7.95. The van der Waals surface area contributed by atoms with Crippen molar-refractivity contribution in [3.63, 3.8) is 0 Å². The molecule has 0 unspecified atom stereocenters. The Morgan fingerprint density at radius 2 is 2.09 bits per heavy atom. The molecule has 1 aliphatic heterocycles. The maximum Gasteiger partial charge on any atom is 0.410 e. The number of carbonyl (C=O) groups excluding carboxylic acids is 1. The van der Waals surface area contributed by atoms with Crippen molar-refractivity contribution < 1.29 is 14.6 Å². The molecule has 1 amide bonds.